The van der Waals surface area contributed by atoms with E-state index in [2.05, 4.69) is 27.0 Å². The van der Waals surface area contributed by atoms with Crippen LogP contribution in [0.5, 0.6) is 0 Å². The fourth-order valence-electron chi connectivity index (χ4n) is 2.47. The molecule has 1 unspecified atom stereocenters. The van der Waals surface area contributed by atoms with E-state index in [4.69, 9.17) is 5.73 Å². The van der Waals surface area contributed by atoms with Gasteiger partial charge in [-0.1, -0.05) is 34.1 Å². The zero-order valence-electron chi connectivity index (χ0n) is 10.8. The first-order valence-electron chi connectivity index (χ1n) is 6.47. The van der Waals surface area contributed by atoms with E-state index in [9.17, 15) is 4.39 Å². The second-order valence-corrected chi connectivity index (χ2v) is 5.89. The van der Waals surface area contributed by atoms with Gasteiger partial charge in [-0.3, -0.25) is 4.99 Å². The number of hydrogen-bond donors (Lipinski definition) is 1. The van der Waals surface area contributed by atoms with Crippen molar-refractivity contribution >= 4 is 27.7 Å². The molecule has 20 heavy (non-hydrogen) atoms. The molecule has 3 rings (SSSR count). The van der Waals surface area contributed by atoms with Crippen molar-refractivity contribution in [3.63, 3.8) is 0 Å². The van der Waals surface area contributed by atoms with Crippen LogP contribution in [0, 0.1) is 11.7 Å². The molecule has 0 radical (unpaired) electrons. The predicted octanol–water partition coefficient (Wildman–Crippen LogP) is 2.44. The summed E-state index contributed by atoms with van der Waals surface area (Å²) in [5, 5.41) is 2.03. The van der Waals surface area contributed by atoms with Crippen LogP contribution in [0.25, 0.3) is 6.08 Å². The summed E-state index contributed by atoms with van der Waals surface area (Å²) < 4.78 is 13.9. The van der Waals surface area contributed by atoms with Gasteiger partial charge >= 0.3 is 0 Å². The smallest absolute Gasteiger partial charge is 0.123 e. The maximum Gasteiger partial charge on any atom is 0.123 e. The quantitative estimate of drug-likeness (QED) is 0.843. The molecule has 2 aromatic carbocycles. The van der Waals surface area contributed by atoms with Crippen LogP contribution in [0.1, 0.15) is 5.56 Å². The maximum absolute atomic E-state index is 12.9. The summed E-state index contributed by atoms with van der Waals surface area (Å²) in [5.41, 5.74) is 7.65. The highest BCUT2D eigenvalue weighted by Crippen LogP contribution is 2.15. The Bertz CT molecular complexity index is 753. The van der Waals surface area contributed by atoms with Crippen LogP contribution in [0.2, 0.25) is 0 Å². The molecule has 0 saturated carbocycles. The molecule has 102 valence electrons. The summed E-state index contributed by atoms with van der Waals surface area (Å²) in [6.45, 7) is 0.736. The summed E-state index contributed by atoms with van der Waals surface area (Å²) in [5.74, 6) is 0.127. The minimum atomic E-state index is -0.199. The number of nitrogens with two attached hydrogens (primary N) is 1. The average molecular weight is 333 g/mol. The zero-order chi connectivity index (χ0) is 14.1. The van der Waals surface area contributed by atoms with Crippen molar-refractivity contribution in [2.75, 3.05) is 12.3 Å². The Labute approximate surface area is 125 Å². The molecular formula is C16H14BrFN2. The van der Waals surface area contributed by atoms with Crippen molar-refractivity contribution < 1.29 is 4.39 Å². The van der Waals surface area contributed by atoms with E-state index in [0.717, 1.165) is 33.6 Å². The van der Waals surface area contributed by atoms with E-state index < -0.39 is 0 Å². The Morgan fingerprint density at radius 1 is 1.25 bits per heavy atom. The second kappa shape index (κ2) is 5.37. The number of halogens is 2. The van der Waals surface area contributed by atoms with E-state index in [-0.39, 0.29) is 5.82 Å². The third kappa shape index (κ3) is 2.75. The van der Waals surface area contributed by atoms with Gasteiger partial charge in [-0.05, 0) is 36.2 Å². The molecule has 0 saturated heterocycles. The topological polar surface area (TPSA) is 38.4 Å². The van der Waals surface area contributed by atoms with Crippen molar-refractivity contribution in [3.8, 4) is 0 Å². The molecule has 2 aromatic rings. The Morgan fingerprint density at radius 3 is 2.75 bits per heavy atom. The highest BCUT2D eigenvalue weighted by molar-refractivity contribution is 9.10. The molecule has 0 aliphatic carbocycles. The molecule has 1 aliphatic heterocycles. The SMILES string of the molecule is Nc1cc(Br)c2c(c1)=NCC(Cc1ccc(F)cc1)C=2. The van der Waals surface area contributed by atoms with Gasteiger partial charge in [0.15, 0.2) is 0 Å². The van der Waals surface area contributed by atoms with Crippen molar-refractivity contribution in [1.82, 2.24) is 0 Å². The van der Waals surface area contributed by atoms with Crippen molar-refractivity contribution in [2.24, 2.45) is 10.9 Å². The van der Waals surface area contributed by atoms with Gasteiger partial charge in [0.05, 0.1) is 5.36 Å². The first-order valence-corrected chi connectivity index (χ1v) is 7.27. The van der Waals surface area contributed by atoms with Crippen molar-refractivity contribution in [1.29, 1.82) is 0 Å². The van der Waals surface area contributed by atoms with Gasteiger partial charge in [0.2, 0.25) is 0 Å². The van der Waals surface area contributed by atoms with E-state index >= 15 is 0 Å². The first-order chi connectivity index (χ1) is 9.61. The lowest BCUT2D eigenvalue weighted by Gasteiger charge is -2.14. The normalized spacial score (nSPS) is 17.0. The molecule has 0 aromatic heterocycles. The number of nitrogen functional groups attached to an aromatic ring is 1. The molecule has 0 spiro atoms. The number of nitrogens with zero attached hydrogens (tertiary/aromatic N) is 1. The average Bonchev–Trinajstić information content (AvgIpc) is 2.42. The largest absolute Gasteiger partial charge is 0.399 e. The summed E-state index contributed by atoms with van der Waals surface area (Å²) in [7, 11) is 0. The van der Waals surface area contributed by atoms with E-state index in [1.54, 1.807) is 0 Å². The van der Waals surface area contributed by atoms with Gasteiger partial charge in [0.25, 0.3) is 0 Å². The molecular weight excluding hydrogens is 319 g/mol. The second-order valence-electron chi connectivity index (χ2n) is 5.03. The number of fused-ring (bicyclic) bond motifs is 1. The Hall–Kier alpha value is -1.68. The third-order valence-corrected chi connectivity index (χ3v) is 4.10. The molecule has 0 amide bonds. The minimum absolute atomic E-state index is 0.199. The van der Waals surface area contributed by atoms with Crippen molar-refractivity contribution in [3.05, 3.63) is 62.8 Å². The lowest BCUT2D eigenvalue weighted by Crippen LogP contribution is -2.33. The molecule has 4 heteroatoms. The first kappa shape index (κ1) is 13.3. The molecule has 0 fully saturated rings. The summed E-state index contributed by atoms with van der Waals surface area (Å²) >= 11 is 3.53. The third-order valence-electron chi connectivity index (χ3n) is 3.44. The van der Waals surface area contributed by atoms with E-state index in [1.807, 2.05) is 24.3 Å². The zero-order valence-corrected chi connectivity index (χ0v) is 12.4. The van der Waals surface area contributed by atoms with Crippen LogP contribution >= 0.6 is 15.9 Å². The molecule has 0 bridgehead atoms. The fraction of sp³-hybridized carbons (Fsp3) is 0.188. The van der Waals surface area contributed by atoms with E-state index in [0.29, 0.717) is 11.6 Å². The summed E-state index contributed by atoms with van der Waals surface area (Å²) in [6, 6.07) is 10.4. The molecule has 1 atom stereocenters. The standard InChI is InChI=1S/C16H14BrFN2/c17-15-7-13(19)8-16-14(15)6-11(9-20-16)5-10-1-3-12(18)4-2-10/h1-4,6-8,11H,5,9,19H2. The van der Waals surface area contributed by atoms with Gasteiger partial charge in [0, 0.05) is 27.8 Å². The van der Waals surface area contributed by atoms with Crippen LogP contribution in [0.4, 0.5) is 10.1 Å². The number of rotatable bonds is 2. The van der Waals surface area contributed by atoms with Crippen LogP contribution in [-0.2, 0) is 6.42 Å². The molecule has 1 aliphatic rings. The number of hydrogen-bond acceptors (Lipinski definition) is 2. The van der Waals surface area contributed by atoms with Gasteiger partial charge in [0.1, 0.15) is 5.82 Å². The van der Waals surface area contributed by atoms with Crippen LogP contribution in [-0.4, -0.2) is 6.54 Å². The van der Waals surface area contributed by atoms with Gasteiger partial charge in [-0.15, -0.1) is 0 Å². The monoisotopic (exact) mass is 332 g/mol. The van der Waals surface area contributed by atoms with E-state index in [1.165, 1.54) is 12.1 Å². The highest BCUT2D eigenvalue weighted by Gasteiger charge is 2.11. The number of benzene rings is 2. The van der Waals surface area contributed by atoms with Crippen LogP contribution in [0.15, 0.2) is 45.9 Å². The van der Waals surface area contributed by atoms with Crippen LogP contribution in [0.3, 0.4) is 0 Å². The molecule has 1 heterocycles. The Kier molecular flexibility index (Phi) is 3.57. The van der Waals surface area contributed by atoms with Gasteiger partial charge in [-0.25, -0.2) is 4.39 Å². The van der Waals surface area contributed by atoms with Gasteiger partial charge < -0.3 is 5.73 Å². The van der Waals surface area contributed by atoms with Crippen molar-refractivity contribution in [2.45, 2.75) is 6.42 Å². The lowest BCUT2D eigenvalue weighted by molar-refractivity contribution is 0.624. The summed E-state index contributed by atoms with van der Waals surface area (Å²) in [6.07, 6.45) is 3.08. The Morgan fingerprint density at radius 2 is 2.00 bits per heavy atom. The number of anilines is 1. The predicted molar refractivity (Wildman–Crippen MR) is 82.3 cm³/mol. The van der Waals surface area contributed by atoms with Crippen LogP contribution < -0.4 is 16.3 Å². The summed E-state index contributed by atoms with van der Waals surface area (Å²) in [4.78, 5) is 4.59. The maximum atomic E-state index is 12.9. The highest BCUT2D eigenvalue weighted by atomic mass is 79.9. The minimum Gasteiger partial charge on any atom is -0.399 e. The molecule has 2 N–H and O–H groups in total. The Balaban J connectivity index is 1.91. The fourth-order valence-corrected chi connectivity index (χ4v) is 3.07. The molecule has 2 nitrogen and oxygen atoms in total. The lowest BCUT2D eigenvalue weighted by atomic mass is 9.96. The van der Waals surface area contributed by atoms with Gasteiger partial charge in [-0.2, -0.15) is 0 Å².